The van der Waals surface area contributed by atoms with Crippen LogP contribution in [0.1, 0.15) is 78.1 Å². The minimum absolute atomic E-state index is 1.22. The summed E-state index contributed by atoms with van der Waals surface area (Å²) in [4.78, 5) is 0. The van der Waals surface area contributed by atoms with Gasteiger partial charge >= 0.3 is 0 Å². The van der Waals surface area contributed by atoms with Gasteiger partial charge in [0.2, 0.25) is 0 Å². The molecule has 0 aromatic carbocycles. The molecule has 0 aromatic heterocycles. The average Bonchev–Trinajstić information content (AvgIpc) is 2.26. The summed E-state index contributed by atoms with van der Waals surface area (Å²) in [6.45, 7) is 6.97. The van der Waals surface area contributed by atoms with Gasteiger partial charge in [0.15, 0.2) is 0 Å². The van der Waals surface area contributed by atoms with Gasteiger partial charge in [-0.05, 0) is 25.9 Å². The number of hydrogen-bond donors (Lipinski definition) is 1. The van der Waals surface area contributed by atoms with Crippen molar-refractivity contribution >= 4 is 0 Å². The van der Waals surface area contributed by atoms with Gasteiger partial charge in [-0.1, -0.05) is 65.2 Å². The number of rotatable bonds is 12. The van der Waals surface area contributed by atoms with Crippen molar-refractivity contribution in [2.75, 3.05) is 13.1 Å². The summed E-state index contributed by atoms with van der Waals surface area (Å²) in [5.41, 5.74) is 0. The third-order valence-corrected chi connectivity index (χ3v) is 2.91. The first-order valence-corrected chi connectivity index (χ1v) is 7.12. The second-order valence-electron chi connectivity index (χ2n) is 4.58. The lowest BCUT2D eigenvalue weighted by atomic mass is 10.1. The Hall–Kier alpha value is -0.0400. The van der Waals surface area contributed by atoms with E-state index in [2.05, 4.69) is 19.2 Å². The van der Waals surface area contributed by atoms with E-state index < -0.39 is 0 Å². The van der Waals surface area contributed by atoms with E-state index in [0.29, 0.717) is 0 Å². The molecule has 92 valence electrons. The maximum absolute atomic E-state index is 3.50. The molecule has 0 aliphatic carbocycles. The van der Waals surface area contributed by atoms with Crippen molar-refractivity contribution in [1.82, 2.24) is 5.32 Å². The zero-order valence-electron chi connectivity index (χ0n) is 11.0. The van der Waals surface area contributed by atoms with Crippen molar-refractivity contribution in [3.8, 4) is 0 Å². The van der Waals surface area contributed by atoms with Gasteiger partial charge in [0, 0.05) is 0 Å². The minimum atomic E-state index is 1.22. The second kappa shape index (κ2) is 14.0. The zero-order chi connectivity index (χ0) is 11.2. The van der Waals surface area contributed by atoms with Gasteiger partial charge in [-0.25, -0.2) is 0 Å². The fourth-order valence-corrected chi connectivity index (χ4v) is 1.81. The van der Waals surface area contributed by atoms with E-state index in [1.54, 1.807) is 0 Å². The molecule has 0 heterocycles. The largest absolute Gasteiger partial charge is 0.317 e. The van der Waals surface area contributed by atoms with Crippen LogP contribution in [0.3, 0.4) is 0 Å². The van der Waals surface area contributed by atoms with Crippen molar-refractivity contribution < 1.29 is 0 Å². The maximum atomic E-state index is 3.50. The van der Waals surface area contributed by atoms with E-state index in [0.717, 1.165) is 0 Å². The van der Waals surface area contributed by atoms with Crippen molar-refractivity contribution in [3.05, 3.63) is 0 Å². The van der Waals surface area contributed by atoms with Crippen molar-refractivity contribution in [3.63, 3.8) is 0 Å². The quantitative estimate of drug-likeness (QED) is 0.470. The third-order valence-electron chi connectivity index (χ3n) is 2.91. The molecule has 0 aliphatic rings. The van der Waals surface area contributed by atoms with Gasteiger partial charge in [-0.3, -0.25) is 0 Å². The van der Waals surface area contributed by atoms with Gasteiger partial charge in [0.05, 0.1) is 0 Å². The first kappa shape index (κ1) is 15.0. The van der Waals surface area contributed by atoms with Crippen LogP contribution in [0.4, 0.5) is 0 Å². The van der Waals surface area contributed by atoms with Crippen molar-refractivity contribution in [2.45, 2.75) is 78.1 Å². The summed E-state index contributed by atoms with van der Waals surface area (Å²) in [6.07, 6.45) is 14.0. The van der Waals surface area contributed by atoms with Gasteiger partial charge in [-0.15, -0.1) is 0 Å². The SMILES string of the molecule is CCCCCCCCCCNCCCC. The fourth-order valence-electron chi connectivity index (χ4n) is 1.81. The van der Waals surface area contributed by atoms with Crippen LogP contribution in [0.25, 0.3) is 0 Å². The summed E-state index contributed by atoms with van der Waals surface area (Å²) in [7, 11) is 0. The van der Waals surface area contributed by atoms with E-state index in [-0.39, 0.29) is 0 Å². The first-order chi connectivity index (χ1) is 7.41. The lowest BCUT2D eigenvalue weighted by Crippen LogP contribution is -2.16. The first-order valence-electron chi connectivity index (χ1n) is 7.12. The number of hydrogen-bond acceptors (Lipinski definition) is 1. The molecule has 0 spiro atoms. The van der Waals surface area contributed by atoms with Gasteiger partial charge in [-0.2, -0.15) is 0 Å². The second-order valence-corrected chi connectivity index (χ2v) is 4.58. The minimum Gasteiger partial charge on any atom is -0.317 e. The van der Waals surface area contributed by atoms with Crippen LogP contribution in [0.5, 0.6) is 0 Å². The Morgan fingerprint density at radius 1 is 0.533 bits per heavy atom. The molecule has 0 atom stereocenters. The number of nitrogens with one attached hydrogen (secondary N) is 1. The van der Waals surface area contributed by atoms with Crippen LogP contribution in [-0.2, 0) is 0 Å². The Labute approximate surface area is 97.0 Å². The van der Waals surface area contributed by atoms with E-state index in [1.165, 1.54) is 77.3 Å². The van der Waals surface area contributed by atoms with Crippen molar-refractivity contribution in [1.29, 1.82) is 0 Å². The smallest absolute Gasteiger partial charge is 0.00489 e. The summed E-state index contributed by atoms with van der Waals surface area (Å²) in [6, 6.07) is 0. The molecule has 0 aliphatic heterocycles. The monoisotopic (exact) mass is 213 g/mol. The topological polar surface area (TPSA) is 12.0 Å². The highest BCUT2D eigenvalue weighted by atomic mass is 14.8. The molecule has 0 rings (SSSR count). The van der Waals surface area contributed by atoms with Crippen LogP contribution in [0.15, 0.2) is 0 Å². The van der Waals surface area contributed by atoms with E-state index in [1.807, 2.05) is 0 Å². The third kappa shape index (κ3) is 14.0. The van der Waals surface area contributed by atoms with E-state index in [4.69, 9.17) is 0 Å². The molecule has 0 bridgehead atoms. The summed E-state index contributed by atoms with van der Waals surface area (Å²) < 4.78 is 0. The van der Waals surface area contributed by atoms with Crippen LogP contribution >= 0.6 is 0 Å². The Balaban J connectivity index is 2.81. The van der Waals surface area contributed by atoms with Crippen LogP contribution in [0.2, 0.25) is 0 Å². The van der Waals surface area contributed by atoms with Gasteiger partial charge in [0.1, 0.15) is 0 Å². The molecular formula is C14H31N. The normalized spacial score (nSPS) is 10.8. The van der Waals surface area contributed by atoms with E-state index in [9.17, 15) is 0 Å². The van der Waals surface area contributed by atoms with E-state index >= 15 is 0 Å². The Bertz CT molecular complexity index is 89.5. The lowest BCUT2D eigenvalue weighted by Gasteiger charge is -2.03. The van der Waals surface area contributed by atoms with Crippen LogP contribution in [-0.4, -0.2) is 13.1 Å². The van der Waals surface area contributed by atoms with Crippen molar-refractivity contribution in [2.24, 2.45) is 0 Å². The highest BCUT2D eigenvalue weighted by Gasteiger charge is 1.91. The summed E-state index contributed by atoms with van der Waals surface area (Å²) >= 11 is 0. The molecular weight excluding hydrogens is 182 g/mol. The Morgan fingerprint density at radius 2 is 1.00 bits per heavy atom. The lowest BCUT2D eigenvalue weighted by molar-refractivity contribution is 0.550. The maximum Gasteiger partial charge on any atom is -0.00489 e. The molecule has 0 aromatic rings. The molecule has 1 nitrogen and oxygen atoms in total. The predicted octanol–water partition coefficient (Wildman–Crippen LogP) is 4.52. The molecule has 0 amide bonds. The average molecular weight is 213 g/mol. The summed E-state index contributed by atoms with van der Waals surface area (Å²) in [5.74, 6) is 0. The van der Waals surface area contributed by atoms with Crippen LogP contribution < -0.4 is 5.32 Å². The zero-order valence-corrected chi connectivity index (χ0v) is 11.0. The molecule has 0 fully saturated rings. The molecule has 1 heteroatoms. The fraction of sp³-hybridized carbons (Fsp3) is 1.00. The molecule has 0 unspecified atom stereocenters. The number of unbranched alkanes of at least 4 members (excludes halogenated alkanes) is 8. The predicted molar refractivity (Wildman–Crippen MR) is 70.4 cm³/mol. The molecule has 0 saturated heterocycles. The van der Waals surface area contributed by atoms with Crippen LogP contribution in [0, 0.1) is 0 Å². The summed E-state index contributed by atoms with van der Waals surface area (Å²) in [5, 5.41) is 3.50. The van der Waals surface area contributed by atoms with Gasteiger partial charge in [0.25, 0.3) is 0 Å². The molecule has 1 N–H and O–H groups in total. The highest BCUT2D eigenvalue weighted by Crippen LogP contribution is 2.07. The Morgan fingerprint density at radius 3 is 1.60 bits per heavy atom. The molecule has 0 saturated carbocycles. The highest BCUT2D eigenvalue weighted by molar-refractivity contribution is 4.50. The Kier molecular flexibility index (Phi) is 13.9. The standard InChI is InChI=1S/C14H31N/c1-3-5-7-8-9-10-11-12-14-15-13-6-4-2/h15H,3-14H2,1-2H3. The van der Waals surface area contributed by atoms with Gasteiger partial charge < -0.3 is 5.32 Å². The molecule has 0 radical (unpaired) electrons. The molecule has 15 heavy (non-hydrogen) atoms.